The van der Waals surface area contributed by atoms with E-state index in [1.807, 2.05) is 6.92 Å². The van der Waals surface area contributed by atoms with Gasteiger partial charge in [0, 0.05) is 26.2 Å². The lowest BCUT2D eigenvalue weighted by atomic mass is 10.0. The zero-order valence-corrected chi connectivity index (χ0v) is 12.4. The molecule has 0 radical (unpaired) electrons. The van der Waals surface area contributed by atoms with Crippen molar-refractivity contribution < 1.29 is 4.92 Å². The molecule has 1 saturated heterocycles. The van der Waals surface area contributed by atoms with Gasteiger partial charge in [0.25, 0.3) is 0 Å². The van der Waals surface area contributed by atoms with E-state index in [1.165, 1.54) is 12.8 Å². The highest BCUT2D eigenvalue weighted by molar-refractivity contribution is 5.61. The smallest absolute Gasteiger partial charge is 0.333 e. The standard InChI is InChI=1S/C13H23N5O2/c1-4-17(9-11-7-5-6-8-14-11)13-12(18(19)20)10(2)15-16(13)3/h11,14H,4-9H2,1-3H3. The normalized spacial score (nSPS) is 19.1. The van der Waals surface area contributed by atoms with Crippen molar-refractivity contribution >= 4 is 11.5 Å². The molecule has 1 fully saturated rings. The minimum atomic E-state index is -0.325. The van der Waals surface area contributed by atoms with Crippen LogP contribution in [0.4, 0.5) is 11.5 Å². The zero-order valence-electron chi connectivity index (χ0n) is 12.4. The van der Waals surface area contributed by atoms with Crippen LogP contribution in [0.3, 0.4) is 0 Å². The number of aromatic nitrogens is 2. The van der Waals surface area contributed by atoms with E-state index in [0.717, 1.165) is 26.1 Å². The number of nitrogens with zero attached hydrogens (tertiary/aromatic N) is 4. The lowest BCUT2D eigenvalue weighted by molar-refractivity contribution is -0.384. The van der Waals surface area contributed by atoms with E-state index < -0.39 is 0 Å². The molecule has 112 valence electrons. The largest absolute Gasteiger partial charge is 0.350 e. The number of anilines is 1. The maximum atomic E-state index is 11.3. The Morgan fingerprint density at radius 1 is 1.55 bits per heavy atom. The van der Waals surface area contributed by atoms with Gasteiger partial charge in [0.15, 0.2) is 0 Å². The van der Waals surface area contributed by atoms with Crippen LogP contribution >= 0.6 is 0 Å². The molecule has 1 aromatic heterocycles. The summed E-state index contributed by atoms with van der Waals surface area (Å²) in [5.41, 5.74) is 0.604. The molecular weight excluding hydrogens is 258 g/mol. The summed E-state index contributed by atoms with van der Waals surface area (Å²) in [4.78, 5) is 13.0. The fourth-order valence-electron chi connectivity index (χ4n) is 2.91. The molecule has 0 amide bonds. The van der Waals surface area contributed by atoms with Gasteiger partial charge < -0.3 is 10.2 Å². The van der Waals surface area contributed by atoms with E-state index >= 15 is 0 Å². The summed E-state index contributed by atoms with van der Waals surface area (Å²) in [6.45, 7) is 6.27. The molecule has 7 heteroatoms. The molecule has 1 atom stereocenters. The monoisotopic (exact) mass is 281 g/mol. The molecule has 2 rings (SSSR count). The Hall–Kier alpha value is -1.63. The fourth-order valence-corrected chi connectivity index (χ4v) is 2.91. The van der Waals surface area contributed by atoms with E-state index in [-0.39, 0.29) is 10.6 Å². The molecule has 1 aliphatic rings. The predicted molar refractivity (Wildman–Crippen MR) is 78.1 cm³/mol. The average molecular weight is 281 g/mol. The Bertz CT molecular complexity index is 479. The summed E-state index contributed by atoms with van der Waals surface area (Å²) >= 11 is 0. The van der Waals surface area contributed by atoms with Gasteiger partial charge in [-0.3, -0.25) is 10.1 Å². The quantitative estimate of drug-likeness (QED) is 0.655. The van der Waals surface area contributed by atoms with Gasteiger partial charge >= 0.3 is 5.69 Å². The third-order valence-electron chi connectivity index (χ3n) is 3.88. The second-order valence-corrected chi connectivity index (χ2v) is 5.32. The number of aryl methyl sites for hydroxylation is 2. The molecule has 7 nitrogen and oxygen atoms in total. The van der Waals surface area contributed by atoms with Crippen LogP contribution in [0.2, 0.25) is 0 Å². The molecule has 0 bridgehead atoms. The first-order chi connectivity index (χ1) is 9.54. The first kappa shape index (κ1) is 14.8. The molecule has 0 aliphatic carbocycles. The van der Waals surface area contributed by atoms with Crippen LogP contribution in [0.5, 0.6) is 0 Å². The van der Waals surface area contributed by atoms with Crippen LogP contribution in [0.15, 0.2) is 0 Å². The van der Waals surface area contributed by atoms with Gasteiger partial charge in [0.05, 0.1) is 4.92 Å². The Balaban J connectivity index is 2.24. The molecule has 1 unspecified atom stereocenters. The fraction of sp³-hybridized carbons (Fsp3) is 0.769. The van der Waals surface area contributed by atoms with Crippen molar-refractivity contribution in [1.29, 1.82) is 0 Å². The average Bonchev–Trinajstić information content (AvgIpc) is 2.72. The summed E-state index contributed by atoms with van der Waals surface area (Å²) in [5, 5.41) is 19.0. The summed E-state index contributed by atoms with van der Waals surface area (Å²) < 4.78 is 1.62. The van der Waals surface area contributed by atoms with Gasteiger partial charge in [0.1, 0.15) is 5.69 Å². The SMILES string of the molecule is CCN(CC1CCCCN1)c1c([N+](=O)[O-])c(C)nn1C. The van der Waals surface area contributed by atoms with Gasteiger partial charge in [-0.1, -0.05) is 6.42 Å². The molecule has 2 heterocycles. The first-order valence-corrected chi connectivity index (χ1v) is 7.21. The van der Waals surface area contributed by atoms with E-state index in [9.17, 15) is 10.1 Å². The van der Waals surface area contributed by atoms with Crippen molar-refractivity contribution in [1.82, 2.24) is 15.1 Å². The van der Waals surface area contributed by atoms with Gasteiger partial charge in [-0.15, -0.1) is 0 Å². The van der Waals surface area contributed by atoms with Crippen molar-refractivity contribution in [3.63, 3.8) is 0 Å². The first-order valence-electron chi connectivity index (χ1n) is 7.21. The molecule has 1 aromatic rings. The summed E-state index contributed by atoms with van der Waals surface area (Å²) in [6.07, 6.45) is 3.57. The Kier molecular flexibility index (Phi) is 4.59. The van der Waals surface area contributed by atoms with Crippen molar-refractivity contribution in [3.8, 4) is 0 Å². The number of nitro groups is 1. The van der Waals surface area contributed by atoms with Gasteiger partial charge in [-0.25, -0.2) is 4.68 Å². The van der Waals surface area contributed by atoms with Crippen LogP contribution in [-0.2, 0) is 7.05 Å². The lowest BCUT2D eigenvalue weighted by Crippen LogP contribution is -2.44. The summed E-state index contributed by atoms with van der Waals surface area (Å²) in [7, 11) is 1.77. The number of piperidine rings is 1. The summed E-state index contributed by atoms with van der Waals surface area (Å²) in [6, 6.07) is 0.401. The zero-order chi connectivity index (χ0) is 14.7. The third-order valence-corrected chi connectivity index (χ3v) is 3.88. The van der Waals surface area contributed by atoms with Crippen LogP contribution in [0.25, 0.3) is 0 Å². The van der Waals surface area contributed by atoms with Crippen LogP contribution in [0, 0.1) is 17.0 Å². The number of rotatable bonds is 5. The minimum Gasteiger partial charge on any atom is -0.350 e. The Morgan fingerprint density at radius 2 is 2.30 bits per heavy atom. The molecule has 1 N–H and O–H groups in total. The topological polar surface area (TPSA) is 76.2 Å². The van der Waals surface area contributed by atoms with Crippen LogP contribution in [0.1, 0.15) is 31.9 Å². The third kappa shape index (κ3) is 2.92. The van der Waals surface area contributed by atoms with Crippen LogP contribution < -0.4 is 10.2 Å². The molecular formula is C13H23N5O2. The van der Waals surface area contributed by atoms with E-state index in [0.29, 0.717) is 17.6 Å². The van der Waals surface area contributed by atoms with E-state index in [2.05, 4.69) is 15.3 Å². The Labute approximate surface area is 119 Å². The second kappa shape index (κ2) is 6.21. The second-order valence-electron chi connectivity index (χ2n) is 5.32. The molecule has 0 aromatic carbocycles. The number of nitrogens with one attached hydrogen (secondary N) is 1. The number of hydrogen-bond acceptors (Lipinski definition) is 5. The molecule has 20 heavy (non-hydrogen) atoms. The molecule has 1 aliphatic heterocycles. The van der Waals surface area contributed by atoms with E-state index in [4.69, 9.17) is 0 Å². The van der Waals surface area contributed by atoms with Crippen molar-refractivity contribution in [2.75, 3.05) is 24.5 Å². The van der Waals surface area contributed by atoms with Crippen LogP contribution in [-0.4, -0.2) is 40.4 Å². The van der Waals surface area contributed by atoms with Crippen molar-refractivity contribution in [3.05, 3.63) is 15.8 Å². The van der Waals surface area contributed by atoms with Gasteiger partial charge in [-0.05, 0) is 33.2 Å². The maximum Gasteiger partial charge on any atom is 0.333 e. The minimum absolute atomic E-state index is 0.130. The van der Waals surface area contributed by atoms with Gasteiger partial charge in [0.2, 0.25) is 5.82 Å². The van der Waals surface area contributed by atoms with Crippen molar-refractivity contribution in [2.24, 2.45) is 7.05 Å². The highest BCUT2D eigenvalue weighted by Crippen LogP contribution is 2.31. The maximum absolute atomic E-state index is 11.3. The lowest BCUT2D eigenvalue weighted by Gasteiger charge is -2.30. The van der Waals surface area contributed by atoms with Crippen molar-refractivity contribution in [2.45, 2.75) is 39.2 Å². The Morgan fingerprint density at radius 3 is 2.85 bits per heavy atom. The summed E-state index contributed by atoms with van der Waals surface area (Å²) in [5.74, 6) is 0.613. The predicted octanol–water partition coefficient (Wildman–Crippen LogP) is 1.61. The number of likely N-dealkylation sites (N-methyl/N-ethyl adjacent to an activating group) is 1. The highest BCUT2D eigenvalue weighted by Gasteiger charge is 2.29. The van der Waals surface area contributed by atoms with E-state index in [1.54, 1.807) is 18.7 Å². The molecule has 0 spiro atoms. The number of hydrogen-bond donors (Lipinski definition) is 1. The molecule has 0 saturated carbocycles. The van der Waals surface area contributed by atoms with Gasteiger partial charge in [-0.2, -0.15) is 5.10 Å². The highest BCUT2D eigenvalue weighted by atomic mass is 16.6.